The van der Waals surface area contributed by atoms with Gasteiger partial charge in [-0.1, -0.05) is 18.2 Å². The molecule has 0 fully saturated rings. The molecule has 40 heavy (non-hydrogen) atoms. The summed E-state index contributed by atoms with van der Waals surface area (Å²) in [5.74, 6) is -1.24. The number of hydrogen-bond donors (Lipinski definition) is 1. The molecular weight excluding hydrogens is 526 g/mol. The number of furan rings is 1. The first-order chi connectivity index (χ1) is 18.8. The summed E-state index contributed by atoms with van der Waals surface area (Å²) >= 11 is 0. The number of nitrogens with zero attached hydrogens (tertiary/aromatic N) is 2. The van der Waals surface area contributed by atoms with Crippen molar-refractivity contribution in [2.45, 2.75) is 39.3 Å². The minimum absolute atomic E-state index is 0.0469. The number of nitrogens with one attached hydrogen (secondary N) is 1. The molecule has 0 bridgehead atoms. The topological polar surface area (TPSA) is 96.0 Å². The van der Waals surface area contributed by atoms with Crippen LogP contribution in [0.1, 0.15) is 53.1 Å². The van der Waals surface area contributed by atoms with Gasteiger partial charge in [-0.3, -0.25) is 9.59 Å². The normalized spacial score (nSPS) is 11.8. The number of pyridine rings is 1. The van der Waals surface area contributed by atoms with Gasteiger partial charge in [-0.2, -0.15) is 18.4 Å². The molecule has 0 radical (unpaired) electrons. The zero-order valence-corrected chi connectivity index (χ0v) is 21.9. The van der Waals surface area contributed by atoms with E-state index in [-0.39, 0.29) is 45.9 Å². The fraction of sp³-hybridized carbons (Fsp3) is 0.267. The highest BCUT2D eigenvalue weighted by molar-refractivity contribution is 6.11. The van der Waals surface area contributed by atoms with Crippen molar-refractivity contribution < 1.29 is 31.6 Å². The smallest absolute Gasteiger partial charge is 0.389 e. The summed E-state index contributed by atoms with van der Waals surface area (Å²) in [6, 6.07) is 15.2. The molecule has 1 amide bonds. The van der Waals surface area contributed by atoms with E-state index in [2.05, 4.69) is 16.4 Å². The molecule has 6 nitrogen and oxygen atoms in total. The molecule has 0 atom stereocenters. The number of alkyl halides is 3. The lowest BCUT2D eigenvalue weighted by Crippen LogP contribution is -2.18. The van der Waals surface area contributed by atoms with E-state index in [1.165, 1.54) is 43.4 Å². The predicted molar refractivity (Wildman–Crippen MR) is 141 cm³/mol. The summed E-state index contributed by atoms with van der Waals surface area (Å²) in [6.07, 6.45) is -6.13. The Morgan fingerprint density at radius 1 is 1.05 bits per heavy atom. The van der Waals surface area contributed by atoms with Crippen LogP contribution in [0.5, 0.6) is 0 Å². The Morgan fingerprint density at radius 3 is 2.38 bits per heavy atom. The lowest BCUT2D eigenvalue weighted by atomic mass is 9.86. The first-order valence-electron chi connectivity index (χ1n) is 12.4. The number of aryl methyl sites for hydroxylation is 1. The van der Waals surface area contributed by atoms with E-state index >= 15 is 0 Å². The summed E-state index contributed by atoms with van der Waals surface area (Å²) in [5, 5.41) is 12.1. The van der Waals surface area contributed by atoms with Crippen molar-refractivity contribution in [3.05, 3.63) is 77.2 Å². The molecule has 2 aromatic carbocycles. The van der Waals surface area contributed by atoms with Gasteiger partial charge in [0, 0.05) is 36.6 Å². The first kappa shape index (κ1) is 28.5. The lowest BCUT2D eigenvalue weighted by Gasteiger charge is -2.15. The average molecular weight is 552 g/mol. The Hall–Kier alpha value is -4.52. The Labute approximate surface area is 227 Å². The van der Waals surface area contributed by atoms with E-state index in [1.807, 2.05) is 0 Å². The molecule has 4 aromatic rings. The van der Waals surface area contributed by atoms with E-state index in [1.54, 1.807) is 32.0 Å². The van der Waals surface area contributed by atoms with E-state index in [0.717, 1.165) is 0 Å². The molecule has 0 aliphatic rings. The van der Waals surface area contributed by atoms with Gasteiger partial charge in [0.2, 0.25) is 5.71 Å². The fourth-order valence-electron chi connectivity index (χ4n) is 4.32. The van der Waals surface area contributed by atoms with Crippen molar-refractivity contribution in [2.24, 2.45) is 5.41 Å². The third-order valence-electron chi connectivity index (χ3n) is 6.37. The van der Waals surface area contributed by atoms with Gasteiger partial charge in [0.25, 0.3) is 5.91 Å². The minimum atomic E-state index is -4.45. The van der Waals surface area contributed by atoms with Crippen LogP contribution in [-0.4, -0.2) is 29.9 Å². The van der Waals surface area contributed by atoms with Crippen LogP contribution in [0.4, 0.5) is 17.6 Å². The van der Waals surface area contributed by atoms with Gasteiger partial charge in [0.15, 0.2) is 5.78 Å². The van der Waals surface area contributed by atoms with Crippen LogP contribution in [0.25, 0.3) is 33.6 Å². The molecule has 4 rings (SSSR count). The van der Waals surface area contributed by atoms with E-state index in [4.69, 9.17) is 4.42 Å². The van der Waals surface area contributed by atoms with Crippen LogP contribution >= 0.6 is 0 Å². The second-order valence-electron chi connectivity index (χ2n) is 10.0. The highest BCUT2D eigenvalue weighted by Crippen LogP contribution is 2.38. The van der Waals surface area contributed by atoms with Crippen LogP contribution in [0.3, 0.4) is 0 Å². The van der Waals surface area contributed by atoms with Crippen LogP contribution < -0.4 is 5.32 Å². The third kappa shape index (κ3) is 6.20. The molecule has 1 N–H and O–H groups in total. The summed E-state index contributed by atoms with van der Waals surface area (Å²) in [4.78, 5) is 30.3. The zero-order valence-electron chi connectivity index (χ0n) is 21.9. The van der Waals surface area contributed by atoms with E-state index < -0.39 is 36.2 Å². The minimum Gasteiger partial charge on any atom is -0.437 e. The van der Waals surface area contributed by atoms with Gasteiger partial charge < -0.3 is 9.73 Å². The standard InChI is InChI=1S/C30H25F4N3O3/c1-29(2,16-35)15-24(38)19-6-4-5-18(13-19)21-14-22-25(27(39)36-3)26(17-7-9-20(31)10-8-17)40-28(22)37-23(21)11-12-30(32,33)34/h4-10,13-14H,11-12,15H2,1-3H3,(H,36,39). The second kappa shape index (κ2) is 10.9. The van der Waals surface area contributed by atoms with Crippen molar-refractivity contribution in [1.82, 2.24) is 10.3 Å². The van der Waals surface area contributed by atoms with Gasteiger partial charge in [0.05, 0.1) is 28.1 Å². The Kier molecular flexibility index (Phi) is 7.78. The predicted octanol–water partition coefficient (Wildman–Crippen LogP) is 7.28. The van der Waals surface area contributed by atoms with Crippen molar-refractivity contribution >= 4 is 22.8 Å². The second-order valence-corrected chi connectivity index (χ2v) is 10.0. The van der Waals surface area contributed by atoms with Gasteiger partial charge in [-0.25, -0.2) is 9.37 Å². The number of nitriles is 1. The molecule has 0 saturated carbocycles. The number of aromatic nitrogens is 1. The number of benzene rings is 2. The van der Waals surface area contributed by atoms with Gasteiger partial charge >= 0.3 is 6.18 Å². The van der Waals surface area contributed by atoms with Gasteiger partial charge in [-0.15, -0.1) is 0 Å². The van der Waals surface area contributed by atoms with Crippen LogP contribution in [-0.2, 0) is 6.42 Å². The fourth-order valence-corrected chi connectivity index (χ4v) is 4.32. The molecular formula is C30H25F4N3O3. The first-order valence-corrected chi connectivity index (χ1v) is 12.4. The Morgan fingerprint density at radius 2 is 1.75 bits per heavy atom. The van der Waals surface area contributed by atoms with Crippen molar-refractivity contribution in [1.29, 1.82) is 5.26 Å². The average Bonchev–Trinajstić information content (AvgIpc) is 3.29. The highest BCUT2D eigenvalue weighted by atomic mass is 19.4. The number of fused-ring (bicyclic) bond motifs is 1. The SMILES string of the molecule is CNC(=O)c1c(-c2ccc(F)cc2)oc2nc(CCC(F)(F)F)c(-c3cccc(C(=O)CC(C)(C)C#N)c3)cc12. The number of carbonyl (C=O) groups is 2. The highest BCUT2D eigenvalue weighted by Gasteiger charge is 2.30. The van der Waals surface area contributed by atoms with Crippen molar-refractivity contribution in [3.8, 4) is 28.5 Å². The van der Waals surface area contributed by atoms with Gasteiger partial charge in [0.1, 0.15) is 11.6 Å². The van der Waals surface area contributed by atoms with Crippen molar-refractivity contribution in [2.75, 3.05) is 7.05 Å². The number of hydrogen-bond acceptors (Lipinski definition) is 5. The van der Waals surface area contributed by atoms with E-state index in [9.17, 15) is 32.4 Å². The molecule has 2 aromatic heterocycles. The Balaban J connectivity index is 1.92. The third-order valence-corrected chi connectivity index (χ3v) is 6.37. The number of rotatable bonds is 8. The summed E-state index contributed by atoms with van der Waals surface area (Å²) in [6.45, 7) is 3.28. The number of Topliss-reactive ketones (excluding diaryl/α,β-unsaturated/α-hetero) is 1. The molecule has 0 spiro atoms. The maximum absolute atomic E-state index is 13.6. The monoisotopic (exact) mass is 551 g/mol. The quantitative estimate of drug-likeness (QED) is 0.183. The summed E-state index contributed by atoms with van der Waals surface area (Å²) in [5.41, 5.74) is 0.570. The zero-order chi connectivity index (χ0) is 29.2. The largest absolute Gasteiger partial charge is 0.437 e. The van der Waals surface area contributed by atoms with Crippen molar-refractivity contribution in [3.63, 3.8) is 0 Å². The van der Waals surface area contributed by atoms with Crippen LogP contribution in [0, 0.1) is 22.6 Å². The molecule has 10 heteroatoms. The summed E-state index contributed by atoms with van der Waals surface area (Å²) < 4.78 is 59.1. The molecule has 0 aliphatic heterocycles. The maximum atomic E-state index is 13.6. The number of halogens is 4. The number of carbonyl (C=O) groups excluding carboxylic acids is 2. The number of ketones is 1. The van der Waals surface area contributed by atoms with E-state index in [0.29, 0.717) is 16.7 Å². The lowest BCUT2D eigenvalue weighted by molar-refractivity contribution is -0.134. The number of amides is 1. The molecule has 0 saturated heterocycles. The molecule has 206 valence electrons. The maximum Gasteiger partial charge on any atom is 0.389 e. The van der Waals surface area contributed by atoms with Crippen LogP contribution in [0.2, 0.25) is 0 Å². The molecule has 0 aliphatic carbocycles. The Bertz CT molecular complexity index is 1630. The summed E-state index contributed by atoms with van der Waals surface area (Å²) in [7, 11) is 1.42. The van der Waals surface area contributed by atoms with Gasteiger partial charge in [-0.05, 0) is 62.2 Å². The van der Waals surface area contributed by atoms with Crippen LogP contribution in [0.15, 0.2) is 59.0 Å². The molecule has 2 heterocycles. The molecule has 0 unspecified atom stereocenters.